The van der Waals surface area contributed by atoms with Crippen LogP contribution in [0.2, 0.25) is 0 Å². The van der Waals surface area contributed by atoms with Gasteiger partial charge in [-0.1, -0.05) is 19.1 Å². The van der Waals surface area contributed by atoms with Crippen LogP contribution in [0.4, 0.5) is 0 Å². The second-order valence-electron chi connectivity index (χ2n) is 7.12. The van der Waals surface area contributed by atoms with E-state index < -0.39 is 11.7 Å². The van der Waals surface area contributed by atoms with Crippen molar-refractivity contribution in [3.63, 3.8) is 0 Å². The SMILES string of the molecule is C=CC[C@H]1C(=O)C=C(OC)[C@@]2(OC)[C@@H]1O[C@@H](c1ccc3c(c1)OCO3)[C@@H]2C. The van der Waals surface area contributed by atoms with E-state index in [2.05, 4.69) is 13.5 Å². The van der Waals surface area contributed by atoms with E-state index in [4.69, 9.17) is 23.7 Å². The number of carbonyl (C=O) groups excluding carboxylic acids is 1. The number of hydrogen-bond donors (Lipinski definition) is 0. The van der Waals surface area contributed by atoms with Gasteiger partial charge >= 0.3 is 0 Å². The Morgan fingerprint density at radius 1 is 1.30 bits per heavy atom. The van der Waals surface area contributed by atoms with Gasteiger partial charge in [-0.2, -0.15) is 0 Å². The van der Waals surface area contributed by atoms with E-state index >= 15 is 0 Å². The fourth-order valence-electron chi connectivity index (χ4n) is 4.62. The first-order valence-electron chi connectivity index (χ1n) is 9.07. The zero-order chi connectivity index (χ0) is 19.2. The van der Waals surface area contributed by atoms with E-state index in [-0.39, 0.29) is 30.5 Å². The standard InChI is InChI=1S/C21H24O6/c1-5-6-14-15(22)10-18(23-3)21(24-4)12(2)19(27-20(14)21)13-7-8-16-17(9-13)26-11-25-16/h5,7-10,12,14,19-20H,1,6,11H2,2-4H3/t12-,14-,19+,20+,21+/m0/s1. The van der Waals surface area contributed by atoms with Crippen LogP contribution < -0.4 is 9.47 Å². The Morgan fingerprint density at radius 3 is 2.78 bits per heavy atom. The predicted octanol–water partition coefficient (Wildman–Crippen LogP) is 3.18. The van der Waals surface area contributed by atoms with Crippen molar-refractivity contribution in [2.24, 2.45) is 11.8 Å². The Bertz CT molecular complexity index is 800. The lowest BCUT2D eigenvalue weighted by Crippen LogP contribution is -2.54. The second kappa shape index (κ2) is 6.69. The molecule has 1 aromatic rings. The summed E-state index contributed by atoms with van der Waals surface area (Å²) in [4.78, 5) is 12.7. The number of fused-ring (bicyclic) bond motifs is 2. The van der Waals surface area contributed by atoms with E-state index in [1.807, 2.05) is 18.2 Å². The van der Waals surface area contributed by atoms with Crippen molar-refractivity contribution in [2.75, 3.05) is 21.0 Å². The summed E-state index contributed by atoms with van der Waals surface area (Å²) in [6.45, 7) is 6.08. The van der Waals surface area contributed by atoms with Crippen molar-refractivity contribution < 1.29 is 28.5 Å². The molecule has 6 heteroatoms. The van der Waals surface area contributed by atoms with Crippen molar-refractivity contribution in [1.82, 2.24) is 0 Å². The maximum atomic E-state index is 12.7. The van der Waals surface area contributed by atoms with Crippen LogP contribution in [0.1, 0.15) is 25.0 Å². The zero-order valence-electron chi connectivity index (χ0n) is 15.8. The molecule has 144 valence electrons. The molecule has 5 atom stereocenters. The third-order valence-corrected chi connectivity index (χ3v) is 5.94. The van der Waals surface area contributed by atoms with Crippen LogP contribution in [-0.2, 0) is 19.0 Å². The lowest BCUT2D eigenvalue weighted by atomic mass is 9.71. The fourth-order valence-corrected chi connectivity index (χ4v) is 4.62. The molecular formula is C21H24O6. The van der Waals surface area contributed by atoms with Gasteiger partial charge in [-0.25, -0.2) is 0 Å². The summed E-state index contributed by atoms with van der Waals surface area (Å²) in [7, 11) is 3.20. The van der Waals surface area contributed by atoms with E-state index in [1.54, 1.807) is 26.4 Å². The Balaban J connectivity index is 1.78. The minimum Gasteiger partial charge on any atom is -0.498 e. The highest BCUT2D eigenvalue weighted by Crippen LogP contribution is 2.55. The maximum absolute atomic E-state index is 12.7. The van der Waals surface area contributed by atoms with Gasteiger partial charge in [-0.3, -0.25) is 4.79 Å². The van der Waals surface area contributed by atoms with Crippen molar-refractivity contribution in [3.05, 3.63) is 48.3 Å². The largest absolute Gasteiger partial charge is 0.498 e. The quantitative estimate of drug-likeness (QED) is 0.740. The van der Waals surface area contributed by atoms with Gasteiger partial charge in [-0.15, -0.1) is 6.58 Å². The summed E-state index contributed by atoms with van der Waals surface area (Å²) in [5.74, 6) is 1.47. The molecule has 0 aromatic heterocycles. The van der Waals surface area contributed by atoms with Crippen LogP contribution >= 0.6 is 0 Å². The Morgan fingerprint density at radius 2 is 2.07 bits per heavy atom. The van der Waals surface area contributed by atoms with Gasteiger partial charge in [-0.05, 0) is 24.1 Å². The number of ketones is 1. The number of ether oxygens (including phenoxy) is 5. The summed E-state index contributed by atoms with van der Waals surface area (Å²) < 4.78 is 29.0. The number of hydrogen-bond acceptors (Lipinski definition) is 6. The van der Waals surface area contributed by atoms with Crippen LogP contribution in [0.25, 0.3) is 0 Å². The fraction of sp³-hybridized carbons (Fsp3) is 0.476. The van der Waals surface area contributed by atoms with Gasteiger partial charge in [0.1, 0.15) is 11.9 Å². The summed E-state index contributed by atoms with van der Waals surface area (Å²) in [6, 6.07) is 5.79. The molecule has 0 spiro atoms. The average molecular weight is 372 g/mol. The number of methoxy groups -OCH3 is 2. The van der Waals surface area contributed by atoms with E-state index in [1.165, 1.54) is 0 Å². The molecule has 1 aliphatic carbocycles. The van der Waals surface area contributed by atoms with E-state index in [9.17, 15) is 4.79 Å². The van der Waals surface area contributed by atoms with E-state index in [0.29, 0.717) is 17.9 Å². The third-order valence-electron chi connectivity index (χ3n) is 5.94. The molecule has 2 aliphatic heterocycles. The molecule has 1 saturated heterocycles. The summed E-state index contributed by atoms with van der Waals surface area (Å²) in [6.07, 6.45) is 3.08. The molecule has 27 heavy (non-hydrogen) atoms. The van der Waals surface area contributed by atoms with Crippen molar-refractivity contribution in [3.8, 4) is 11.5 Å². The molecular weight excluding hydrogens is 348 g/mol. The molecule has 0 amide bonds. The highest BCUT2D eigenvalue weighted by atomic mass is 16.7. The maximum Gasteiger partial charge on any atom is 0.231 e. The molecule has 0 radical (unpaired) electrons. The minimum absolute atomic E-state index is 0.0250. The normalized spacial score (nSPS) is 34.2. The lowest BCUT2D eigenvalue weighted by Gasteiger charge is -2.42. The second-order valence-corrected chi connectivity index (χ2v) is 7.12. The first kappa shape index (κ1) is 18.1. The molecule has 2 heterocycles. The lowest BCUT2D eigenvalue weighted by molar-refractivity contribution is -0.141. The molecule has 1 aromatic carbocycles. The van der Waals surface area contributed by atoms with Gasteiger partial charge in [0.25, 0.3) is 0 Å². The Hall–Kier alpha value is -2.31. The smallest absolute Gasteiger partial charge is 0.231 e. The molecule has 4 rings (SSSR count). The van der Waals surface area contributed by atoms with Gasteiger partial charge in [0.2, 0.25) is 6.79 Å². The third kappa shape index (κ3) is 2.51. The number of carbonyl (C=O) groups is 1. The Kier molecular flexibility index (Phi) is 4.48. The first-order chi connectivity index (χ1) is 13.1. The molecule has 3 aliphatic rings. The average Bonchev–Trinajstić information content (AvgIpc) is 3.26. The highest BCUT2D eigenvalue weighted by molar-refractivity contribution is 5.94. The van der Waals surface area contributed by atoms with Gasteiger partial charge < -0.3 is 23.7 Å². The van der Waals surface area contributed by atoms with Crippen LogP contribution in [0.15, 0.2) is 42.7 Å². The molecule has 0 saturated carbocycles. The topological polar surface area (TPSA) is 63.2 Å². The van der Waals surface area contributed by atoms with Crippen LogP contribution in [0, 0.1) is 11.8 Å². The van der Waals surface area contributed by atoms with E-state index in [0.717, 1.165) is 11.3 Å². The molecule has 1 fully saturated rings. The molecule has 0 N–H and O–H groups in total. The van der Waals surface area contributed by atoms with Crippen molar-refractivity contribution in [2.45, 2.75) is 31.2 Å². The summed E-state index contributed by atoms with van der Waals surface area (Å²) in [5, 5.41) is 0. The van der Waals surface area contributed by atoms with Crippen molar-refractivity contribution >= 4 is 5.78 Å². The molecule has 0 bridgehead atoms. The van der Waals surface area contributed by atoms with Crippen molar-refractivity contribution in [1.29, 1.82) is 0 Å². The Labute approximate surface area is 158 Å². The number of benzene rings is 1. The molecule has 0 unspecified atom stereocenters. The van der Waals surface area contributed by atoms with Gasteiger partial charge in [0.15, 0.2) is 22.9 Å². The van der Waals surface area contributed by atoms with Gasteiger partial charge in [0, 0.05) is 19.1 Å². The van der Waals surface area contributed by atoms with Crippen LogP contribution in [0.3, 0.4) is 0 Å². The minimum atomic E-state index is -0.836. The molecule has 6 nitrogen and oxygen atoms in total. The number of allylic oxidation sites excluding steroid dienone is 2. The first-order valence-corrected chi connectivity index (χ1v) is 9.07. The number of rotatable bonds is 5. The summed E-state index contributed by atoms with van der Waals surface area (Å²) in [5.41, 5.74) is 0.120. The summed E-state index contributed by atoms with van der Waals surface area (Å²) >= 11 is 0. The zero-order valence-corrected chi connectivity index (χ0v) is 15.8. The van der Waals surface area contributed by atoms with Gasteiger partial charge in [0.05, 0.1) is 19.1 Å². The predicted molar refractivity (Wildman–Crippen MR) is 97.5 cm³/mol. The highest BCUT2D eigenvalue weighted by Gasteiger charge is 2.63. The van der Waals surface area contributed by atoms with Crippen LogP contribution in [-0.4, -0.2) is 38.5 Å². The monoisotopic (exact) mass is 372 g/mol. The van der Waals surface area contributed by atoms with Crippen LogP contribution in [0.5, 0.6) is 11.5 Å².